The lowest BCUT2D eigenvalue weighted by Gasteiger charge is -2.31. The molecule has 1 unspecified atom stereocenters. The van der Waals surface area contributed by atoms with Gasteiger partial charge in [0.25, 0.3) is 5.56 Å². The molecule has 32 heavy (non-hydrogen) atoms. The summed E-state index contributed by atoms with van der Waals surface area (Å²) in [5.74, 6) is 0.528. The topological polar surface area (TPSA) is 90.3 Å². The minimum Gasteiger partial charge on any atom is -0.382 e. The normalized spacial score (nSPS) is 14.9. The van der Waals surface area contributed by atoms with Crippen LogP contribution in [0, 0.1) is 0 Å². The smallest absolute Gasteiger partial charge is 0.382 e. The third-order valence-electron chi connectivity index (χ3n) is 5.45. The standard InChI is InChI=1S/C20H20ClF3N6O2/c1-28(2)11-3-4-12(13(7-11)20(22,23)24)18(31)15-8-25-16-10-29(5-6-30(15)16)14-9-26-27-19(32)17(14)21/h3-4,7-9,18,31H,5-6,10H2,1-2H3,(H,27,32). The lowest BCUT2D eigenvalue weighted by molar-refractivity contribution is -0.139. The van der Waals surface area contributed by atoms with Crippen molar-refractivity contribution in [1.29, 1.82) is 0 Å². The molecule has 1 atom stereocenters. The Kier molecular flexibility index (Phi) is 5.63. The van der Waals surface area contributed by atoms with Crippen molar-refractivity contribution >= 4 is 23.0 Å². The number of halogens is 4. The van der Waals surface area contributed by atoms with E-state index in [-0.39, 0.29) is 22.8 Å². The second-order valence-electron chi connectivity index (χ2n) is 7.64. The first-order valence-electron chi connectivity index (χ1n) is 9.67. The van der Waals surface area contributed by atoms with Crippen molar-refractivity contribution in [3.8, 4) is 0 Å². The van der Waals surface area contributed by atoms with E-state index >= 15 is 0 Å². The van der Waals surface area contributed by atoms with Crippen molar-refractivity contribution in [3.63, 3.8) is 0 Å². The van der Waals surface area contributed by atoms with Crippen LogP contribution >= 0.6 is 11.6 Å². The summed E-state index contributed by atoms with van der Waals surface area (Å²) in [6, 6.07) is 3.85. The summed E-state index contributed by atoms with van der Waals surface area (Å²) in [6.07, 6.45) is -3.34. The molecule has 2 N–H and O–H groups in total. The van der Waals surface area contributed by atoms with Crippen LogP contribution < -0.4 is 15.4 Å². The molecule has 170 valence electrons. The van der Waals surface area contributed by atoms with Gasteiger partial charge in [-0.2, -0.15) is 18.3 Å². The third-order valence-corrected chi connectivity index (χ3v) is 5.81. The van der Waals surface area contributed by atoms with Crippen molar-refractivity contribution in [3.05, 3.63) is 68.6 Å². The summed E-state index contributed by atoms with van der Waals surface area (Å²) in [6.45, 7) is 0.991. The second kappa shape index (κ2) is 8.14. The van der Waals surface area contributed by atoms with E-state index in [0.717, 1.165) is 6.07 Å². The number of H-pyrrole nitrogens is 1. The second-order valence-corrected chi connectivity index (χ2v) is 8.02. The fourth-order valence-corrected chi connectivity index (χ4v) is 3.98. The highest BCUT2D eigenvalue weighted by Crippen LogP contribution is 2.39. The Balaban J connectivity index is 1.68. The highest BCUT2D eigenvalue weighted by Gasteiger charge is 2.37. The SMILES string of the molecule is CN(C)c1ccc(C(O)c2cnc3n2CCN(c2cn[nH]c(=O)c2Cl)C3)c(C(F)(F)F)c1. The van der Waals surface area contributed by atoms with Crippen molar-refractivity contribution < 1.29 is 18.3 Å². The maximum absolute atomic E-state index is 13.7. The fraction of sp³-hybridized carbons (Fsp3) is 0.350. The van der Waals surface area contributed by atoms with E-state index in [1.54, 1.807) is 28.5 Å². The van der Waals surface area contributed by atoms with Gasteiger partial charge in [0.15, 0.2) is 0 Å². The molecule has 8 nitrogen and oxygen atoms in total. The van der Waals surface area contributed by atoms with Crippen LogP contribution in [0.3, 0.4) is 0 Å². The number of aliphatic hydroxyl groups excluding tert-OH is 1. The van der Waals surface area contributed by atoms with Gasteiger partial charge in [-0.25, -0.2) is 10.1 Å². The number of aromatic nitrogens is 4. The number of imidazole rings is 1. The molecule has 2 aromatic heterocycles. The van der Waals surface area contributed by atoms with E-state index in [0.29, 0.717) is 30.3 Å². The number of nitrogens with one attached hydrogen (secondary N) is 1. The predicted octanol–water partition coefficient (Wildman–Crippen LogP) is 2.81. The molecule has 0 aliphatic carbocycles. The number of benzene rings is 1. The molecule has 1 aliphatic heterocycles. The summed E-state index contributed by atoms with van der Waals surface area (Å²) in [7, 11) is 3.29. The minimum atomic E-state index is -4.63. The van der Waals surface area contributed by atoms with E-state index in [2.05, 4.69) is 15.2 Å². The molecule has 0 saturated carbocycles. The van der Waals surface area contributed by atoms with Crippen LogP contribution in [0.4, 0.5) is 24.5 Å². The van der Waals surface area contributed by atoms with E-state index in [4.69, 9.17) is 11.6 Å². The Labute approximate surface area is 185 Å². The molecule has 0 radical (unpaired) electrons. The average molecular weight is 469 g/mol. The van der Waals surface area contributed by atoms with Crippen molar-refractivity contribution in [2.45, 2.75) is 25.4 Å². The number of hydrogen-bond acceptors (Lipinski definition) is 6. The number of nitrogens with zero attached hydrogens (tertiary/aromatic N) is 5. The van der Waals surface area contributed by atoms with Crippen molar-refractivity contribution in [2.24, 2.45) is 0 Å². The summed E-state index contributed by atoms with van der Waals surface area (Å²) >= 11 is 6.08. The number of alkyl halides is 3. The van der Waals surface area contributed by atoms with Crippen LogP contribution in [-0.2, 0) is 19.3 Å². The van der Waals surface area contributed by atoms with Crippen LogP contribution in [0.1, 0.15) is 28.7 Å². The summed E-state index contributed by atoms with van der Waals surface area (Å²) in [5, 5.41) is 16.9. The lowest BCUT2D eigenvalue weighted by Crippen LogP contribution is -2.35. The zero-order valence-corrected chi connectivity index (χ0v) is 17.9. The number of fused-ring (bicyclic) bond motifs is 1. The summed E-state index contributed by atoms with van der Waals surface area (Å²) in [4.78, 5) is 19.4. The Morgan fingerprint density at radius 1 is 1.25 bits per heavy atom. The molecular weight excluding hydrogens is 449 g/mol. The highest BCUT2D eigenvalue weighted by molar-refractivity contribution is 6.32. The van der Waals surface area contributed by atoms with Crippen molar-refractivity contribution in [2.75, 3.05) is 30.4 Å². The lowest BCUT2D eigenvalue weighted by atomic mass is 9.98. The van der Waals surface area contributed by atoms with Gasteiger partial charge in [-0.1, -0.05) is 17.7 Å². The van der Waals surface area contributed by atoms with Crippen LogP contribution in [-0.4, -0.2) is 45.5 Å². The molecule has 3 heterocycles. The average Bonchev–Trinajstić information content (AvgIpc) is 3.17. The van der Waals surface area contributed by atoms with Crippen LogP contribution in [0.25, 0.3) is 0 Å². The van der Waals surface area contributed by atoms with Gasteiger partial charge in [-0.05, 0) is 17.7 Å². The molecule has 3 aromatic rings. The molecule has 1 aliphatic rings. The monoisotopic (exact) mass is 468 g/mol. The van der Waals surface area contributed by atoms with Gasteiger partial charge in [0.1, 0.15) is 17.0 Å². The largest absolute Gasteiger partial charge is 0.416 e. The van der Waals surface area contributed by atoms with Gasteiger partial charge in [0.05, 0.1) is 35.9 Å². The van der Waals surface area contributed by atoms with E-state index in [1.807, 2.05) is 0 Å². The van der Waals surface area contributed by atoms with Gasteiger partial charge in [-0.15, -0.1) is 0 Å². The van der Waals surface area contributed by atoms with Gasteiger partial charge in [-0.3, -0.25) is 4.79 Å². The number of aliphatic hydroxyl groups is 1. The first-order valence-corrected chi connectivity index (χ1v) is 10.0. The van der Waals surface area contributed by atoms with Crippen LogP contribution in [0.15, 0.2) is 35.4 Å². The Bertz CT molecular complexity index is 1210. The summed E-state index contributed by atoms with van der Waals surface area (Å²) in [5.41, 5.74) is -0.582. The quantitative estimate of drug-likeness (QED) is 0.612. The molecule has 12 heteroatoms. The van der Waals surface area contributed by atoms with E-state index in [9.17, 15) is 23.1 Å². The molecule has 0 saturated heterocycles. The van der Waals surface area contributed by atoms with Gasteiger partial charge < -0.3 is 19.5 Å². The maximum atomic E-state index is 13.7. The zero-order valence-electron chi connectivity index (χ0n) is 17.2. The summed E-state index contributed by atoms with van der Waals surface area (Å²) < 4.78 is 42.9. The molecule has 0 fully saturated rings. The number of aromatic amines is 1. The number of anilines is 2. The molecule has 0 bridgehead atoms. The van der Waals surface area contributed by atoms with Gasteiger partial charge in [0.2, 0.25) is 0 Å². The van der Waals surface area contributed by atoms with Crippen LogP contribution in [0.2, 0.25) is 5.02 Å². The van der Waals surface area contributed by atoms with E-state index in [1.165, 1.54) is 24.5 Å². The van der Waals surface area contributed by atoms with E-state index < -0.39 is 23.4 Å². The Hall–Kier alpha value is -3.05. The molecule has 0 spiro atoms. The zero-order chi connectivity index (χ0) is 23.2. The van der Waals surface area contributed by atoms with Gasteiger partial charge in [0, 0.05) is 32.9 Å². The first-order chi connectivity index (χ1) is 15.1. The maximum Gasteiger partial charge on any atom is 0.416 e. The Morgan fingerprint density at radius 2 is 2.00 bits per heavy atom. The molecular formula is C20H20ClF3N6O2. The molecule has 1 aromatic carbocycles. The predicted molar refractivity (Wildman–Crippen MR) is 113 cm³/mol. The fourth-order valence-electron chi connectivity index (χ4n) is 3.77. The van der Waals surface area contributed by atoms with Crippen LogP contribution in [0.5, 0.6) is 0 Å². The third kappa shape index (κ3) is 3.93. The number of hydrogen-bond donors (Lipinski definition) is 2. The Morgan fingerprint density at radius 3 is 2.69 bits per heavy atom. The molecule has 0 amide bonds. The van der Waals surface area contributed by atoms with Crippen molar-refractivity contribution in [1.82, 2.24) is 19.7 Å². The number of rotatable bonds is 4. The molecule has 4 rings (SSSR count). The highest BCUT2D eigenvalue weighted by atomic mass is 35.5. The first kappa shape index (κ1) is 22.2. The van der Waals surface area contributed by atoms with Gasteiger partial charge >= 0.3 is 6.18 Å². The minimum absolute atomic E-state index is 0.00364.